The Labute approximate surface area is 118 Å². The number of aromatic nitrogens is 1. The molecule has 0 radical (unpaired) electrons. The minimum atomic E-state index is -4.38. The molecule has 0 unspecified atom stereocenters. The summed E-state index contributed by atoms with van der Waals surface area (Å²) >= 11 is 0. The van der Waals surface area contributed by atoms with Gasteiger partial charge in [0.25, 0.3) is 5.91 Å². The third-order valence-corrected chi connectivity index (χ3v) is 2.98. The zero-order valence-electron chi connectivity index (χ0n) is 10.8. The summed E-state index contributed by atoms with van der Waals surface area (Å²) in [5.41, 5.74) is 11.6. The second kappa shape index (κ2) is 5.53. The summed E-state index contributed by atoms with van der Waals surface area (Å²) in [6, 6.07) is 6.12. The van der Waals surface area contributed by atoms with Gasteiger partial charge in [-0.05, 0) is 23.8 Å². The Morgan fingerprint density at radius 2 is 1.81 bits per heavy atom. The van der Waals surface area contributed by atoms with Gasteiger partial charge in [-0.15, -0.1) is 0 Å². The van der Waals surface area contributed by atoms with E-state index >= 15 is 0 Å². The first-order chi connectivity index (χ1) is 9.82. The number of primary amides is 1. The molecule has 1 amide bonds. The van der Waals surface area contributed by atoms with Gasteiger partial charge in [0.05, 0.1) is 16.8 Å². The van der Waals surface area contributed by atoms with Gasteiger partial charge in [-0.3, -0.25) is 9.78 Å². The van der Waals surface area contributed by atoms with Crippen LogP contribution in [0.5, 0.6) is 0 Å². The Hall–Kier alpha value is -2.41. The molecule has 1 aromatic carbocycles. The highest BCUT2D eigenvalue weighted by atomic mass is 19.4. The van der Waals surface area contributed by atoms with Crippen molar-refractivity contribution < 1.29 is 18.0 Å². The molecule has 1 aromatic heterocycles. The van der Waals surface area contributed by atoms with Crippen molar-refractivity contribution >= 4 is 5.91 Å². The first kappa shape index (κ1) is 15.0. The van der Waals surface area contributed by atoms with E-state index in [4.69, 9.17) is 11.5 Å². The summed E-state index contributed by atoms with van der Waals surface area (Å²) < 4.78 is 37.5. The summed E-state index contributed by atoms with van der Waals surface area (Å²) in [4.78, 5) is 15.2. The smallest absolute Gasteiger partial charge is 0.366 e. The number of hydrogen-bond acceptors (Lipinski definition) is 3. The maximum absolute atomic E-state index is 12.5. The Kier molecular flexibility index (Phi) is 3.95. The molecule has 0 spiro atoms. The number of hydrogen-bond donors (Lipinski definition) is 2. The first-order valence-corrected chi connectivity index (χ1v) is 5.99. The zero-order chi connectivity index (χ0) is 15.6. The Balaban J connectivity index is 2.41. The van der Waals surface area contributed by atoms with Crippen molar-refractivity contribution in [2.75, 3.05) is 0 Å². The normalized spacial score (nSPS) is 11.4. The Bertz CT molecular complexity index is 666. The van der Waals surface area contributed by atoms with Crippen LogP contribution in [0.2, 0.25) is 0 Å². The molecule has 110 valence electrons. The molecule has 0 fully saturated rings. The van der Waals surface area contributed by atoms with Crippen molar-refractivity contribution in [3.05, 3.63) is 53.2 Å². The minimum Gasteiger partial charge on any atom is -0.366 e. The molecule has 0 saturated carbocycles. The topological polar surface area (TPSA) is 82.0 Å². The summed E-state index contributed by atoms with van der Waals surface area (Å²) in [7, 11) is 0. The fraction of sp³-hybridized carbons (Fsp3) is 0.143. The summed E-state index contributed by atoms with van der Waals surface area (Å²) in [5.74, 6) is -0.651. The van der Waals surface area contributed by atoms with Crippen molar-refractivity contribution in [3.63, 3.8) is 0 Å². The molecule has 0 atom stereocenters. The number of benzene rings is 1. The molecule has 21 heavy (non-hydrogen) atoms. The van der Waals surface area contributed by atoms with Crippen LogP contribution in [0.1, 0.15) is 21.5 Å². The van der Waals surface area contributed by atoms with Crippen LogP contribution in [-0.4, -0.2) is 10.9 Å². The lowest BCUT2D eigenvalue weighted by Gasteiger charge is -2.09. The van der Waals surface area contributed by atoms with E-state index < -0.39 is 17.6 Å². The number of amides is 1. The first-order valence-electron chi connectivity index (χ1n) is 5.99. The highest BCUT2D eigenvalue weighted by molar-refractivity contribution is 5.94. The van der Waals surface area contributed by atoms with E-state index in [1.807, 2.05) is 0 Å². The van der Waals surface area contributed by atoms with Gasteiger partial charge in [0.1, 0.15) is 0 Å². The highest BCUT2D eigenvalue weighted by Gasteiger charge is 2.30. The molecule has 0 aliphatic carbocycles. The van der Waals surface area contributed by atoms with Gasteiger partial charge in [-0.2, -0.15) is 13.2 Å². The van der Waals surface area contributed by atoms with Crippen molar-refractivity contribution in [2.24, 2.45) is 11.5 Å². The predicted molar refractivity (Wildman–Crippen MR) is 71.1 cm³/mol. The highest BCUT2D eigenvalue weighted by Crippen LogP contribution is 2.30. The van der Waals surface area contributed by atoms with E-state index in [-0.39, 0.29) is 12.1 Å². The maximum atomic E-state index is 12.5. The van der Waals surface area contributed by atoms with Gasteiger partial charge in [-0.25, -0.2) is 0 Å². The standard InChI is InChI=1S/C14H12F3N3O/c15-14(16,17)10-3-1-8(2-4-10)12-5-9(6-18)11(7-20-12)13(19)21/h1-5,7H,6,18H2,(H2,19,21). The van der Waals surface area contributed by atoms with Crippen molar-refractivity contribution in [1.29, 1.82) is 0 Å². The van der Waals surface area contributed by atoms with Crippen LogP contribution in [0.3, 0.4) is 0 Å². The van der Waals surface area contributed by atoms with Crippen LogP contribution in [0, 0.1) is 0 Å². The van der Waals surface area contributed by atoms with E-state index in [1.165, 1.54) is 18.3 Å². The monoisotopic (exact) mass is 295 g/mol. The van der Waals surface area contributed by atoms with Crippen LogP contribution in [-0.2, 0) is 12.7 Å². The Morgan fingerprint density at radius 3 is 2.29 bits per heavy atom. The van der Waals surface area contributed by atoms with Crippen molar-refractivity contribution in [3.8, 4) is 11.3 Å². The number of nitrogens with zero attached hydrogens (tertiary/aromatic N) is 1. The summed E-state index contributed by atoms with van der Waals surface area (Å²) in [6.45, 7) is 0.0778. The second-order valence-electron chi connectivity index (χ2n) is 4.37. The third-order valence-electron chi connectivity index (χ3n) is 2.98. The van der Waals surface area contributed by atoms with Crippen LogP contribution >= 0.6 is 0 Å². The van der Waals surface area contributed by atoms with E-state index in [1.54, 1.807) is 6.07 Å². The number of carbonyl (C=O) groups is 1. The van der Waals surface area contributed by atoms with Crippen LogP contribution in [0.15, 0.2) is 36.5 Å². The van der Waals surface area contributed by atoms with Crippen LogP contribution in [0.25, 0.3) is 11.3 Å². The number of alkyl halides is 3. The van der Waals surface area contributed by atoms with E-state index in [2.05, 4.69) is 4.98 Å². The average molecular weight is 295 g/mol. The molecule has 2 aromatic rings. The van der Waals surface area contributed by atoms with Gasteiger partial charge in [0.15, 0.2) is 0 Å². The molecule has 0 aliphatic rings. The van der Waals surface area contributed by atoms with Crippen LogP contribution < -0.4 is 11.5 Å². The largest absolute Gasteiger partial charge is 0.416 e. The summed E-state index contributed by atoms with van der Waals surface area (Å²) in [5, 5.41) is 0. The molecule has 4 nitrogen and oxygen atoms in total. The Morgan fingerprint density at radius 1 is 1.19 bits per heavy atom. The van der Waals surface area contributed by atoms with Gasteiger partial charge < -0.3 is 11.5 Å². The number of nitrogens with two attached hydrogens (primary N) is 2. The molecule has 2 rings (SSSR count). The average Bonchev–Trinajstić information content (AvgIpc) is 2.45. The van der Waals surface area contributed by atoms with Crippen molar-refractivity contribution in [1.82, 2.24) is 4.98 Å². The molecule has 7 heteroatoms. The van der Waals surface area contributed by atoms with E-state index in [9.17, 15) is 18.0 Å². The number of rotatable bonds is 3. The third kappa shape index (κ3) is 3.19. The fourth-order valence-corrected chi connectivity index (χ4v) is 1.88. The summed E-state index contributed by atoms with van der Waals surface area (Å²) in [6.07, 6.45) is -3.11. The molecule has 0 saturated heterocycles. The van der Waals surface area contributed by atoms with E-state index in [0.717, 1.165) is 12.1 Å². The number of halogens is 3. The molecule has 0 aliphatic heterocycles. The van der Waals surface area contributed by atoms with Crippen molar-refractivity contribution in [2.45, 2.75) is 12.7 Å². The lowest BCUT2D eigenvalue weighted by atomic mass is 10.0. The maximum Gasteiger partial charge on any atom is 0.416 e. The lowest BCUT2D eigenvalue weighted by Crippen LogP contribution is -2.16. The van der Waals surface area contributed by atoms with E-state index in [0.29, 0.717) is 16.8 Å². The quantitative estimate of drug-likeness (QED) is 0.911. The molecular formula is C14H12F3N3O. The SMILES string of the molecule is NCc1cc(-c2ccc(C(F)(F)F)cc2)ncc1C(N)=O. The second-order valence-corrected chi connectivity index (χ2v) is 4.37. The molecule has 1 heterocycles. The molecule has 0 bridgehead atoms. The van der Waals surface area contributed by atoms with Gasteiger partial charge in [-0.1, -0.05) is 12.1 Å². The van der Waals surface area contributed by atoms with Gasteiger partial charge in [0, 0.05) is 18.3 Å². The predicted octanol–water partition coefficient (Wildman–Crippen LogP) is 2.32. The molecular weight excluding hydrogens is 283 g/mol. The number of pyridine rings is 1. The lowest BCUT2D eigenvalue weighted by molar-refractivity contribution is -0.137. The number of carbonyl (C=O) groups excluding carboxylic acids is 1. The zero-order valence-corrected chi connectivity index (χ0v) is 10.8. The van der Waals surface area contributed by atoms with Gasteiger partial charge >= 0.3 is 6.18 Å². The van der Waals surface area contributed by atoms with Gasteiger partial charge in [0.2, 0.25) is 0 Å². The van der Waals surface area contributed by atoms with Crippen LogP contribution in [0.4, 0.5) is 13.2 Å². The fourth-order valence-electron chi connectivity index (χ4n) is 1.88. The minimum absolute atomic E-state index is 0.0778. The molecule has 4 N–H and O–H groups in total.